The van der Waals surface area contributed by atoms with Crippen molar-refractivity contribution in [2.75, 3.05) is 0 Å². The number of hydrogen-bond donors (Lipinski definition) is 0. The van der Waals surface area contributed by atoms with Crippen LogP contribution in [0.4, 0.5) is 0 Å². The fraction of sp³-hybridized carbons (Fsp3) is 0.174. The van der Waals surface area contributed by atoms with Crippen molar-refractivity contribution in [1.82, 2.24) is 8.96 Å². The molecule has 2 aliphatic rings. The fourth-order valence-corrected chi connectivity index (χ4v) is 7.20. The van der Waals surface area contributed by atoms with Crippen LogP contribution in [0.1, 0.15) is 36.2 Å². The summed E-state index contributed by atoms with van der Waals surface area (Å²) in [4.78, 5) is 4.47. The van der Waals surface area contributed by atoms with Crippen molar-refractivity contribution in [3.63, 3.8) is 0 Å². The Labute approximate surface area is 178 Å². The highest BCUT2D eigenvalue weighted by atomic mass is 35.5. The summed E-state index contributed by atoms with van der Waals surface area (Å²) in [6, 6.07) is 17.9. The van der Waals surface area contributed by atoms with E-state index in [1.54, 1.807) is 36.5 Å². The van der Waals surface area contributed by atoms with E-state index >= 15 is 0 Å². The number of fused-ring (bicyclic) bond motifs is 10. The molecule has 4 aromatic rings. The normalized spacial score (nSPS) is 24.2. The van der Waals surface area contributed by atoms with Crippen LogP contribution in [0, 0.1) is 0 Å². The molecule has 6 rings (SSSR count). The largest absolute Gasteiger partial charge is 0.348 e. The van der Waals surface area contributed by atoms with Gasteiger partial charge in [0.05, 0.1) is 16.1 Å². The summed E-state index contributed by atoms with van der Waals surface area (Å²) in [7, 11) is -3.88. The molecule has 7 heteroatoms. The Morgan fingerprint density at radius 2 is 1.63 bits per heavy atom. The molecule has 0 saturated carbocycles. The van der Waals surface area contributed by atoms with E-state index in [-0.39, 0.29) is 4.90 Å². The fourth-order valence-electron chi connectivity index (χ4n) is 5.23. The maximum absolute atomic E-state index is 13.8. The number of ether oxygens (including phenoxy) is 1. The Morgan fingerprint density at radius 1 is 0.933 bits per heavy atom. The van der Waals surface area contributed by atoms with Gasteiger partial charge in [-0.3, -0.25) is 0 Å². The van der Waals surface area contributed by atoms with Gasteiger partial charge in [0, 0.05) is 22.7 Å². The van der Waals surface area contributed by atoms with Crippen LogP contribution >= 0.6 is 11.6 Å². The molecular weight excluding hydrogens is 420 g/mol. The van der Waals surface area contributed by atoms with Crippen molar-refractivity contribution in [1.29, 1.82) is 0 Å². The van der Waals surface area contributed by atoms with Crippen LogP contribution < -0.4 is 0 Å². The second-order valence-electron chi connectivity index (χ2n) is 8.02. The predicted octanol–water partition coefficient (Wildman–Crippen LogP) is 4.80. The molecule has 0 radical (unpaired) electrons. The molecule has 0 unspecified atom stereocenters. The monoisotopic (exact) mass is 436 g/mol. The highest BCUT2D eigenvalue weighted by Crippen LogP contribution is 2.64. The number of halogens is 1. The lowest BCUT2D eigenvalue weighted by atomic mass is 9.77. The van der Waals surface area contributed by atoms with Crippen molar-refractivity contribution in [2.24, 2.45) is 0 Å². The maximum Gasteiger partial charge on any atom is 0.268 e. The minimum absolute atomic E-state index is 0.225. The molecule has 2 aliphatic heterocycles. The summed E-state index contributed by atoms with van der Waals surface area (Å²) in [5, 5.41) is 1.19. The maximum atomic E-state index is 13.8. The molecule has 2 aromatic heterocycles. The Bertz CT molecular complexity index is 1480. The number of nitrogens with zero attached hydrogens (tertiary/aromatic N) is 2. The summed E-state index contributed by atoms with van der Waals surface area (Å²) in [5.41, 5.74) is 1.90. The zero-order valence-corrected chi connectivity index (χ0v) is 17.8. The molecule has 2 bridgehead atoms. The lowest BCUT2D eigenvalue weighted by Gasteiger charge is -2.26. The first-order valence-electron chi connectivity index (χ1n) is 9.61. The predicted molar refractivity (Wildman–Crippen MR) is 114 cm³/mol. The number of para-hydroxylation sites is 1. The van der Waals surface area contributed by atoms with Gasteiger partial charge in [0.2, 0.25) is 0 Å². The van der Waals surface area contributed by atoms with Gasteiger partial charge in [0.25, 0.3) is 10.0 Å². The number of rotatable bonds is 2. The highest BCUT2D eigenvalue weighted by Gasteiger charge is 2.63. The van der Waals surface area contributed by atoms with Crippen molar-refractivity contribution < 1.29 is 13.2 Å². The lowest BCUT2D eigenvalue weighted by molar-refractivity contribution is -0.0530. The van der Waals surface area contributed by atoms with Crippen molar-refractivity contribution in [2.45, 2.75) is 29.9 Å². The van der Waals surface area contributed by atoms with E-state index in [9.17, 15) is 8.42 Å². The third-order valence-electron chi connectivity index (χ3n) is 6.35. The summed E-state index contributed by atoms with van der Waals surface area (Å²) < 4.78 is 35.7. The van der Waals surface area contributed by atoms with Crippen LogP contribution in [0.25, 0.3) is 10.9 Å². The van der Waals surface area contributed by atoms with Crippen LogP contribution in [-0.2, 0) is 26.0 Å². The molecule has 4 heterocycles. The second kappa shape index (κ2) is 5.52. The minimum atomic E-state index is -3.88. The molecule has 0 aliphatic carbocycles. The molecular formula is C23H17ClN2O3S. The first-order valence-corrected chi connectivity index (χ1v) is 11.4. The van der Waals surface area contributed by atoms with E-state index in [2.05, 4.69) is 4.98 Å². The van der Waals surface area contributed by atoms with Crippen LogP contribution in [0.3, 0.4) is 0 Å². The average molecular weight is 437 g/mol. The van der Waals surface area contributed by atoms with Crippen LogP contribution in [0.5, 0.6) is 0 Å². The van der Waals surface area contributed by atoms with E-state index in [1.807, 2.05) is 44.2 Å². The number of hydrogen-bond acceptors (Lipinski definition) is 4. The number of benzene rings is 2. The van der Waals surface area contributed by atoms with Gasteiger partial charge in [0.15, 0.2) is 0 Å². The Balaban J connectivity index is 1.80. The average Bonchev–Trinajstić information content (AvgIpc) is 3.30. The van der Waals surface area contributed by atoms with Gasteiger partial charge in [-0.25, -0.2) is 17.4 Å². The van der Waals surface area contributed by atoms with Crippen molar-refractivity contribution >= 4 is 32.5 Å². The van der Waals surface area contributed by atoms with Gasteiger partial charge >= 0.3 is 0 Å². The van der Waals surface area contributed by atoms with Crippen LogP contribution in [-0.4, -0.2) is 17.4 Å². The molecule has 0 amide bonds. The molecule has 2 atom stereocenters. The summed E-state index contributed by atoms with van der Waals surface area (Å²) in [6.07, 6.45) is 1.67. The molecule has 0 saturated heterocycles. The zero-order chi connectivity index (χ0) is 20.9. The summed E-state index contributed by atoms with van der Waals surface area (Å²) >= 11 is 6.51. The highest BCUT2D eigenvalue weighted by molar-refractivity contribution is 7.90. The van der Waals surface area contributed by atoms with Gasteiger partial charge in [-0.15, -0.1) is 0 Å². The van der Waals surface area contributed by atoms with E-state index in [0.717, 1.165) is 22.1 Å². The van der Waals surface area contributed by atoms with E-state index < -0.39 is 21.2 Å². The van der Waals surface area contributed by atoms with Gasteiger partial charge in [-0.1, -0.05) is 48.0 Å². The van der Waals surface area contributed by atoms with Gasteiger partial charge in [-0.05, 0) is 43.7 Å². The summed E-state index contributed by atoms with van der Waals surface area (Å²) in [6.45, 7) is 3.86. The second-order valence-corrected chi connectivity index (χ2v) is 10.2. The zero-order valence-electron chi connectivity index (χ0n) is 16.3. The van der Waals surface area contributed by atoms with Gasteiger partial charge < -0.3 is 4.74 Å². The van der Waals surface area contributed by atoms with E-state index in [0.29, 0.717) is 16.4 Å². The molecule has 0 spiro atoms. The standard InChI is InChI=1S/C23H17ClN2O3S/c1-22-16-12-13-25-21(24)19(16)23(2,29-22)20-18(22)15-10-6-7-11-17(15)26(20)30(27,28)14-8-4-3-5-9-14/h3-13H,1-2H3/t22-,23+/m1/s1. The smallest absolute Gasteiger partial charge is 0.268 e. The van der Waals surface area contributed by atoms with Gasteiger partial charge in [-0.2, -0.15) is 0 Å². The van der Waals surface area contributed by atoms with E-state index in [1.165, 1.54) is 3.97 Å². The lowest BCUT2D eigenvalue weighted by Crippen LogP contribution is -2.28. The van der Waals surface area contributed by atoms with E-state index in [4.69, 9.17) is 16.3 Å². The first-order chi connectivity index (χ1) is 14.3. The van der Waals surface area contributed by atoms with Crippen LogP contribution in [0.15, 0.2) is 71.8 Å². The van der Waals surface area contributed by atoms with Crippen molar-refractivity contribution in [3.8, 4) is 0 Å². The number of aromatic nitrogens is 2. The minimum Gasteiger partial charge on any atom is -0.348 e. The third-order valence-corrected chi connectivity index (χ3v) is 8.36. The van der Waals surface area contributed by atoms with Crippen molar-refractivity contribution in [3.05, 3.63) is 94.4 Å². The Morgan fingerprint density at radius 3 is 2.40 bits per heavy atom. The molecule has 5 nitrogen and oxygen atoms in total. The number of pyridine rings is 1. The quantitative estimate of drug-likeness (QED) is 0.423. The third kappa shape index (κ3) is 1.92. The van der Waals surface area contributed by atoms with Crippen LogP contribution in [0.2, 0.25) is 5.15 Å². The Kier molecular flexibility index (Phi) is 3.33. The first kappa shape index (κ1) is 18.1. The topological polar surface area (TPSA) is 61.2 Å². The molecule has 0 N–H and O–H groups in total. The molecule has 150 valence electrons. The summed E-state index contributed by atoms with van der Waals surface area (Å²) in [5.74, 6) is 0. The molecule has 30 heavy (non-hydrogen) atoms. The SMILES string of the molecule is C[C@]12O[C@](C)(c3ccnc(Cl)c31)c1c2n(S(=O)(=O)c2ccccc2)c2ccccc12. The Hall–Kier alpha value is -2.67. The molecule has 2 aromatic carbocycles. The van der Waals surface area contributed by atoms with Gasteiger partial charge in [0.1, 0.15) is 16.4 Å². The molecule has 0 fully saturated rings.